The summed E-state index contributed by atoms with van der Waals surface area (Å²) in [6.45, 7) is 3.48. The van der Waals surface area contributed by atoms with Crippen molar-refractivity contribution in [2.75, 3.05) is 37.4 Å². The summed E-state index contributed by atoms with van der Waals surface area (Å²) in [6.07, 6.45) is 7.12. The van der Waals surface area contributed by atoms with Crippen molar-refractivity contribution in [3.8, 4) is 0 Å². The van der Waals surface area contributed by atoms with Gasteiger partial charge in [-0.2, -0.15) is 0 Å². The van der Waals surface area contributed by atoms with Gasteiger partial charge in [-0.15, -0.1) is 11.8 Å². The molecule has 5 nitrogen and oxygen atoms in total. The zero-order valence-electron chi connectivity index (χ0n) is 11.4. The number of anilines is 1. The molecule has 0 radical (unpaired) electrons. The van der Waals surface area contributed by atoms with E-state index in [0.717, 1.165) is 49.8 Å². The SMILES string of the molecule is CSc1cc(N2CCC(OCCCN)CC2)ncn1. The first-order valence-electron chi connectivity index (χ1n) is 6.76. The second kappa shape index (κ2) is 7.67. The molecule has 2 heterocycles. The second-order valence-corrected chi connectivity index (χ2v) is 5.44. The van der Waals surface area contributed by atoms with E-state index in [1.807, 2.05) is 6.26 Å². The van der Waals surface area contributed by atoms with Gasteiger partial charge in [0.05, 0.1) is 6.10 Å². The van der Waals surface area contributed by atoms with E-state index in [4.69, 9.17) is 10.5 Å². The average molecular weight is 282 g/mol. The highest BCUT2D eigenvalue weighted by atomic mass is 32.2. The largest absolute Gasteiger partial charge is 0.378 e. The van der Waals surface area contributed by atoms with Crippen LogP contribution in [-0.2, 0) is 4.74 Å². The van der Waals surface area contributed by atoms with Gasteiger partial charge in [-0.05, 0) is 32.1 Å². The lowest BCUT2D eigenvalue weighted by atomic mass is 10.1. The monoisotopic (exact) mass is 282 g/mol. The Morgan fingerprint density at radius 2 is 2.21 bits per heavy atom. The molecule has 6 heteroatoms. The number of nitrogens with zero attached hydrogens (tertiary/aromatic N) is 3. The molecule has 1 fully saturated rings. The molecule has 0 atom stereocenters. The number of ether oxygens (including phenoxy) is 1. The van der Waals surface area contributed by atoms with Crippen molar-refractivity contribution in [3.63, 3.8) is 0 Å². The van der Waals surface area contributed by atoms with Crippen LogP contribution < -0.4 is 10.6 Å². The summed E-state index contributed by atoms with van der Waals surface area (Å²) in [5, 5.41) is 1.02. The maximum atomic E-state index is 5.81. The van der Waals surface area contributed by atoms with E-state index in [-0.39, 0.29) is 0 Å². The fourth-order valence-electron chi connectivity index (χ4n) is 2.20. The minimum Gasteiger partial charge on any atom is -0.378 e. The first kappa shape index (κ1) is 14.6. The Balaban J connectivity index is 1.82. The molecule has 0 spiro atoms. The predicted octanol–water partition coefficient (Wildman–Crippen LogP) is 1.53. The van der Waals surface area contributed by atoms with E-state index in [0.29, 0.717) is 12.6 Å². The highest BCUT2D eigenvalue weighted by Gasteiger charge is 2.20. The highest BCUT2D eigenvalue weighted by Crippen LogP contribution is 2.22. The highest BCUT2D eigenvalue weighted by molar-refractivity contribution is 7.98. The fourth-order valence-corrected chi connectivity index (χ4v) is 2.58. The molecular weight excluding hydrogens is 260 g/mol. The predicted molar refractivity (Wildman–Crippen MR) is 78.7 cm³/mol. The maximum Gasteiger partial charge on any atom is 0.133 e. The number of thioether (sulfide) groups is 1. The van der Waals surface area contributed by atoms with Crippen molar-refractivity contribution in [1.82, 2.24) is 9.97 Å². The Morgan fingerprint density at radius 1 is 1.42 bits per heavy atom. The minimum absolute atomic E-state index is 0.379. The van der Waals surface area contributed by atoms with E-state index >= 15 is 0 Å². The lowest BCUT2D eigenvalue weighted by Crippen LogP contribution is -2.37. The lowest BCUT2D eigenvalue weighted by Gasteiger charge is -2.32. The zero-order chi connectivity index (χ0) is 13.5. The van der Waals surface area contributed by atoms with Crippen molar-refractivity contribution in [2.45, 2.75) is 30.4 Å². The van der Waals surface area contributed by atoms with Gasteiger partial charge in [0.2, 0.25) is 0 Å². The summed E-state index contributed by atoms with van der Waals surface area (Å²) in [5.74, 6) is 1.03. The van der Waals surface area contributed by atoms with Crippen LogP contribution in [0.4, 0.5) is 5.82 Å². The van der Waals surface area contributed by atoms with Crippen molar-refractivity contribution in [2.24, 2.45) is 5.73 Å². The molecule has 0 saturated carbocycles. The minimum atomic E-state index is 0.379. The van der Waals surface area contributed by atoms with Crippen LogP contribution in [-0.4, -0.2) is 48.6 Å². The Labute approximate surface area is 118 Å². The normalized spacial score (nSPS) is 16.8. The molecule has 0 unspecified atom stereocenters. The summed E-state index contributed by atoms with van der Waals surface area (Å²) in [4.78, 5) is 10.9. The standard InChI is InChI=1S/C13H22N4OS/c1-19-13-9-12(15-10-16-13)17-6-3-11(4-7-17)18-8-2-5-14/h9-11H,2-8,14H2,1H3. The molecule has 0 aromatic carbocycles. The first-order valence-corrected chi connectivity index (χ1v) is 7.98. The van der Waals surface area contributed by atoms with Crippen LogP contribution in [0.2, 0.25) is 0 Å². The van der Waals surface area contributed by atoms with Crippen LogP contribution in [0.3, 0.4) is 0 Å². The zero-order valence-corrected chi connectivity index (χ0v) is 12.2. The quantitative estimate of drug-likeness (QED) is 0.485. The molecular formula is C13H22N4OS. The fraction of sp³-hybridized carbons (Fsp3) is 0.692. The third-order valence-corrected chi connectivity index (χ3v) is 3.95. The average Bonchev–Trinajstić information content (AvgIpc) is 2.48. The van der Waals surface area contributed by atoms with Crippen molar-refractivity contribution < 1.29 is 4.74 Å². The van der Waals surface area contributed by atoms with Gasteiger partial charge in [0.1, 0.15) is 17.2 Å². The van der Waals surface area contributed by atoms with Crippen LogP contribution in [0.1, 0.15) is 19.3 Å². The van der Waals surface area contributed by atoms with Gasteiger partial charge < -0.3 is 15.4 Å². The molecule has 1 saturated heterocycles. The number of hydrogen-bond acceptors (Lipinski definition) is 6. The molecule has 1 aliphatic heterocycles. The van der Waals surface area contributed by atoms with E-state index < -0.39 is 0 Å². The van der Waals surface area contributed by atoms with Crippen LogP contribution >= 0.6 is 11.8 Å². The maximum absolute atomic E-state index is 5.81. The van der Waals surface area contributed by atoms with E-state index in [1.54, 1.807) is 18.1 Å². The molecule has 0 aliphatic carbocycles. The van der Waals surface area contributed by atoms with E-state index in [1.165, 1.54) is 0 Å². The van der Waals surface area contributed by atoms with Crippen molar-refractivity contribution in [1.29, 1.82) is 0 Å². The lowest BCUT2D eigenvalue weighted by molar-refractivity contribution is 0.0365. The summed E-state index contributed by atoms with van der Waals surface area (Å²) in [5.41, 5.74) is 5.47. The van der Waals surface area contributed by atoms with E-state index in [9.17, 15) is 0 Å². The van der Waals surface area contributed by atoms with Gasteiger partial charge in [0.15, 0.2) is 0 Å². The summed E-state index contributed by atoms with van der Waals surface area (Å²) in [6, 6.07) is 2.06. The number of aromatic nitrogens is 2. The summed E-state index contributed by atoms with van der Waals surface area (Å²) >= 11 is 1.65. The van der Waals surface area contributed by atoms with Gasteiger partial charge in [0.25, 0.3) is 0 Å². The third-order valence-electron chi connectivity index (χ3n) is 3.30. The number of nitrogens with two attached hydrogens (primary N) is 1. The second-order valence-electron chi connectivity index (χ2n) is 4.62. The molecule has 2 N–H and O–H groups in total. The smallest absolute Gasteiger partial charge is 0.133 e. The molecule has 19 heavy (non-hydrogen) atoms. The Kier molecular flexibility index (Phi) is 5.88. The van der Waals surface area contributed by atoms with E-state index in [2.05, 4.69) is 20.9 Å². The molecule has 1 aliphatic rings. The number of hydrogen-bond donors (Lipinski definition) is 1. The molecule has 1 aromatic heterocycles. The Morgan fingerprint density at radius 3 is 2.89 bits per heavy atom. The van der Waals surface area contributed by atoms with Crippen LogP contribution in [0.15, 0.2) is 17.4 Å². The van der Waals surface area contributed by atoms with Gasteiger partial charge in [-0.25, -0.2) is 9.97 Å². The van der Waals surface area contributed by atoms with Gasteiger partial charge >= 0.3 is 0 Å². The topological polar surface area (TPSA) is 64.3 Å². The van der Waals surface area contributed by atoms with Gasteiger partial charge in [0, 0.05) is 25.8 Å². The van der Waals surface area contributed by atoms with Gasteiger partial charge in [-0.3, -0.25) is 0 Å². The molecule has 2 rings (SSSR count). The van der Waals surface area contributed by atoms with Crippen molar-refractivity contribution in [3.05, 3.63) is 12.4 Å². The van der Waals surface area contributed by atoms with Crippen LogP contribution in [0, 0.1) is 0 Å². The first-order chi connectivity index (χ1) is 9.33. The molecule has 0 bridgehead atoms. The molecule has 0 amide bonds. The van der Waals surface area contributed by atoms with Gasteiger partial charge in [-0.1, -0.05) is 0 Å². The summed E-state index contributed by atoms with van der Waals surface area (Å²) < 4.78 is 5.81. The number of piperidine rings is 1. The van der Waals surface area contributed by atoms with Crippen molar-refractivity contribution >= 4 is 17.6 Å². The Bertz CT molecular complexity index is 383. The van der Waals surface area contributed by atoms with Crippen LogP contribution in [0.25, 0.3) is 0 Å². The summed E-state index contributed by atoms with van der Waals surface area (Å²) in [7, 11) is 0. The molecule has 106 valence electrons. The Hall–Kier alpha value is -0.850. The number of rotatable bonds is 6. The van der Waals surface area contributed by atoms with Crippen LogP contribution in [0.5, 0.6) is 0 Å². The molecule has 1 aromatic rings. The third kappa shape index (κ3) is 4.33.